The van der Waals surface area contributed by atoms with Crippen molar-refractivity contribution in [3.05, 3.63) is 65.2 Å². The van der Waals surface area contributed by atoms with Crippen LogP contribution in [0.5, 0.6) is 5.75 Å². The van der Waals surface area contributed by atoms with Gasteiger partial charge in [0.15, 0.2) is 17.4 Å². The summed E-state index contributed by atoms with van der Waals surface area (Å²) in [7, 11) is 1.32. The van der Waals surface area contributed by atoms with Gasteiger partial charge in [0.2, 0.25) is 0 Å². The van der Waals surface area contributed by atoms with Crippen molar-refractivity contribution in [1.29, 1.82) is 0 Å². The van der Waals surface area contributed by atoms with Gasteiger partial charge in [-0.3, -0.25) is 4.79 Å². The Morgan fingerprint density at radius 3 is 2.40 bits per heavy atom. The lowest BCUT2D eigenvalue weighted by molar-refractivity contribution is 0.0979. The third-order valence-electron chi connectivity index (χ3n) is 3.03. The summed E-state index contributed by atoms with van der Waals surface area (Å²) in [5, 5.41) is 0. The highest BCUT2D eigenvalue weighted by atomic mass is 19.2. The van der Waals surface area contributed by atoms with E-state index in [0.717, 1.165) is 17.7 Å². The molecule has 0 aliphatic heterocycles. The van der Waals surface area contributed by atoms with Crippen LogP contribution < -0.4 is 4.74 Å². The Kier molecular flexibility index (Phi) is 4.45. The van der Waals surface area contributed by atoms with Gasteiger partial charge in [-0.15, -0.1) is 0 Å². The first-order valence-corrected chi connectivity index (χ1v) is 6.22. The van der Waals surface area contributed by atoms with E-state index in [1.807, 2.05) is 30.3 Å². The molecule has 2 nitrogen and oxygen atoms in total. The number of halogens is 2. The van der Waals surface area contributed by atoms with Crippen LogP contribution in [0.3, 0.4) is 0 Å². The number of ketones is 1. The van der Waals surface area contributed by atoms with E-state index in [-0.39, 0.29) is 23.5 Å². The van der Waals surface area contributed by atoms with Crippen molar-refractivity contribution in [2.45, 2.75) is 12.8 Å². The van der Waals surface area contributed by atoms with Gasteiger partial charge in [0, 0.05) is 12.5 Å². The van der Waals surface area contributed by atoms with Gasteiger partial charge in [0.25, 0.3) is 0 Å². The zero-order valence-electron chi connectivity index (χ0n) is 11.0. The Bertz CT molecular complexity index is 609. The Hall–Kier alpha value is -2.23. The van der Waals surface area contributed by atoms with E-state index >= 15 is 0 Å². The highest BCUT2D eigenvalue weighted by Gasteiger charge is 2.16. The summed E-state index contributed by atoms with van der Waals surface area (Å²) >= 11 is 0. The van der Waals surface area contributed by atoms with Crippen LogP contribution in [0.15, 0.2) is 42.5 Å². The highest BCUT2D eigenvalue weighted by molar-refractivity contribution is 5.98. The predicted molar refractivity (Wildman–Crippen MR) is 72.0 cm³/mol. The predicted octanol–water partition coefficient (Wildman–Crippen LogP) is 3.79. The molecule has 0 aliphatic carbocycles. The average molecular weight is 276 g/mol. The number of rotatable bonds is 5. The van der Waals surface area contributed by atoms with Crippen molar-refractivity contribution in [2.75, 3.05) is 7.11 Å². The molecule has 0 aliphatic rings. The smallest absolute Gasteiger partial charge is 0.167 e. The standard InChI is InChI=1S/C16H14F2O2/c1-20-16-10-14(18)13(17)9-12(16)15(19)8-7-11-5-3-2-4-6-11/h2-6,9-10H,7-8H2,1H3. The molecule has 0 saturated carbocycles. The summed E-state index contributed by atoms with van der Waals surface area (Å²) in [5.74, 6) is -2.29. The highest BCUT2D eigenvalue weighted by Crippen LogP contribution is 2.24. The number of carbonyl (C=O) groups is 1. The summed E-state index contributed by atoms with van der Waals surface area (Å²) in [5.41, 5.74) is 1.09. The van der Waals surface area contributed by atoms with E-state index < -0.39 is 11.6 Å². The maximum atomic E-state index is 13.2. The van der Waals surface area contributed by atoms with Crippen molar-refractivity contribution in [3.8, 4) is 5.75 Å². The van der Waals surface area contributed by atoms with Crippen LogP contribution >= 0.6 is 0 Å². The Labute approximate surface area is 116 Å². The second-order valence-electron chi connectivity index (χ2n) is 4.38. The molecule has 2 rings (SSSR count). The minimum absolute atomic E-state index is 0.0574. The van der Waals surface area contributed by atoms with Crippen molar-refractivity contribution < 1.29 is 18.3 Å². The fraction of sp³-hybridized carbons (Fsp3) is 0.188. The second-order valence-corrected chi connectivity index (χ2v) is 4.38. The molecule has 0 unspecified atom stereocenters. The number of aryl methyl sites for hydroxylation is 1. The van der Waals surface area contributed by atoms with Crippen LogP contribution in [-0.2, 0) is 6.42 Å². The molecule has 0 atom stereocenters. The Morgan fingerprint density at radius 2 is 1.75 bits per heavy atom. The van der Waals surface area contributed by atoms with Gasteiger partial charge in [0.1, 0.15) is 5.75 Å². The molecule has 2 aromatic carbocycles. The maximum absolute atomic E-state index is 13.2. The zero-order valence-corrected chi connectivity index (χ0v) is 11.0. The Morgan fingerprint density at radius 1 is 1.10 bits per heavy atom. The Balaban J connectivity index is 2.15. The molecule has 4 heteroatoms. The molecule has 104 valence electrons. The largest absolute Gasteiger partial charge is 0.496 e. The van der Waals surface area contributed by atoms with Crippen LogP contribution in [0.2, 0.25) is 0 Å². The summed E-state index contributed by atoms with van der Waals surface area (Å²) < 4.78 is 31.3. The average Bonchev–Trinajstić information content (AvgIpc) is 2.48. The molecule has 0 amide bonds. The molecule has 0 radical (unpaired) electrons. The molecule has 0 N–H and O–H groups in total. The normalized spacial score (nSPS) is 10.3. The van der Waals surface area contributed by atoms with E-state index in [4.69, 9.17) is 4.74 Å². The molecule has 20 heavy (non-hydrogen) atoms. The fourth-order valence-electron chi connectivity index (χ4n) is 1.95. The summed E-state index contributed by atoms with van der Waals surface area (Å²) in [6.45, 7) is 0. The van der Waals surface area contributed by atoms with Gasteiger partial charge in [-0.05, 0) is 18.1 Å². The van der Waals surface area contributed by atoms with E-state index in [0.29, 0.717) is 6.42 Å². The van der Waals surface area contributed by atoms with Gasteiger partial charge in [-0.1, -0.05) is 30.3 Å². The van der Waals surface area contributed by atoms with Gasteiger partial charge in [-0.2, -0.15) is 0 Å². The van der Waals surface area contributed by atoms with Gasteiger partial charge in [0.05, 0.1) is 12.7 Å². The van der Waals surface area contributed by atoms with Crippen molar-refractivity contribution in [2.24, 2.45) is 0 Å². The first-order valence-electron chi connectivity index (χ1n) is 6.22. The van der Waals surface area contributed by atoms with Crippen molar-refractivity contribution >= 4 is 5.78 Å². The lowest BCUT2D eigenvalue weighted by Crippen LogP contribution is -2.05. The lowest BCUT2D eigenvalue weighted by Gasteiger charge is -2.08. The molecule has 2 aromatic rings. The van der Waals surface area contributed by atoms with Crippen LogP contribution in [0.1, 0.15) is 22.3 Å². The molecule has 0 saturated heterocycles. The lowest BCUT2D eigenvalue weighted by atomic mass is 10.0. The summed E-state index contributed by atoms with van der Waals surface area (Å²) in [6.07, 6.45) is 0.757. The van der Waals surface area contributed by atoms with Crippen LogP contribution in [0.25, 0.3) is 0 Å². The van der Waals surface area contributed by atoms with Crippen LogP contribution in [0.4, 0.5) is 8.78 Å². The SMILES string of the molecule is COc1cc(F)c(F)cc1C(=O)CCc1ccccc1. The number of carbonyl (C=O) groups excluding carboxylic acids is 1. The van der Waals surface area contributed by atoms with Crippen molar-refractivity contribution in [3.63, 3.8) is 0 Å². The van der Waals surface area contributed by atoms with Gasteiger partial charge in [-0.25, -0.2) is 8.78 Å². The van der Waals surface area contributed by atoms with E-state index in [1.165, 1.54) is 7.11 Å². The minimum Gasteiger partial charge on any atom is -0.496 e. The topological polar surface area (TPSA) is 26.3 Å². The number of methoxy groups -OCH3 is 1. The number of hydrogen-bond acceptors (Lipinski definition) is 2. The molecular weight excluding hydrogens is 262 g/mol. The molecular formula is C16H14F2O2. The molecule has 0 heterocycles. The first kappa shape index (κ1) is 14.2. The zero-order chi connectivity index (χ0) is 14.5. The monoisotopic (exact) mass is 276 g/mol. The van der Waals surface area contributed by atoms with E-state index in [2.05, 4.69) is 0 Å². The second kappa shape index (κ2) is 6.28. The maximum Gasteiger partial charge on any atom is 0.167 e. The number of benzene rings is 2. The van der Waals surface area contributed by atoms with Crippen molar-refractivity contribution in [1.82, 2.24) is 0 Å². The van der Waals surface area contributed by atoms with E-state index in [1.54, 1.807) is 0 Å². The number of ether oxygens (including phenoxy) is 1. The third kappa shape index (κ3) is 3.20. The van der Waals surface area contributed by atoms with Crippen LogP contribution in [0, 0.1) is 11.6 Å². The van der Waals surface area contributed by atoms with Crippen LogP contribution in [-0.4, -0.2) is 12.9 Å². The van der Waals surface area contributed by atoms with E-state index in [9.17, 15) is 13.6 Å². The molecule has 0 aromatic heterocycles. The molecule has 0 spiro atoms. The minimum atomic E-state index is -1.05. The number of hydrogen-bond donors (Lipinski definition) is 0. The summed E-state index contributed by atoms with van der Waals surface area (Å²) in [6, 6.07) is 11.3. The quantitative estimate of drug-likeness (QED) is 0.777. The summed E-state index contributed by atoms with van der Waals surface area (Å²) in [4.78, 5) is 12.1. The molecule has 0 fully saturated rings. The van der Waals surface area contributed by atoms with Gasteiger partial charge >= 0.3 is 0 Å². The first-order chi connectivity index (χ1) is 9.61. The fourth-order valence-corrected chi connectivity index (χ4v) is 1.95. The van der Waals surface area contributed by atoms with Gasteiger partial charge < -0.3 is 4.74 Å². The third-order valence-corrected chi connectivity index (χ3v) is 3.03. The number of Topliss-reactive ketones (excluding diaryl/α,β-unsaturated/α-hetero) is 1. The molecule has 0 bridgehead atoms.